The molecule has 1 aromatic rings. The third-order valence-electron chi connectivity index (χ3n) is 1.57. The largest absolute Gasteiger partial charge is 0.471 e. The fraction of sp³-hybridized carbons (Fsp3) is 0.125. The van der Waals surface area contributed by atoms with Gasteiger partial charge in [0.05, 0.1) is 0 Å². The average Bonchev–Trinajstić information content (AvgIpc) is 2.17. The molecular formula is C8H9ClF3N3O. The van der Waals surface area contributed by atoms with Gasteiger partial charge in [0.25, 0.3) is 0 Å². The molecule has 0 aliphatic rings. The minimum absolute atomic E-state index is 0. The van der Waals surface area contributed by atoms with Gasteiger partial charge in [-0.05, 0) is 24.3 Å². The molecule has 1 amide bonds. The molecule has 0 saturated carbocycles. The van der Waals surface area contributed by atoms with Crippen LogP contribution in [0.3, 0.4) is 0 Å². The number of amides is 1. The molecule has 1 aromatic carbocycles. The number of nitrogens with one attached hydrogen (secondary N) is 2. The van der Waals surface area contributed by atoms with Gasteiger partial charge in [-0.25, -0.2) is 0 Å². The van der Waals surface area contributed by atoms with Crippen molar-refractivity contribution in [1.29, 1.82) is 0 Å². The van der Waals surface area contributed by atoms with Gasteiger partial charge >= 0.3 is 12.1 Å². The summed E-state index contributed by atoms with van der Waals surface area (Å²) in [4.78, 5) is 10.5. The third kappa shape index (κ3) is 3.95. The molecule has 0 fully saturated rings. The van der Waals surface area contributed by atoms with Crippen molar-refractivity contribution in [2.75, 3.05) is 10.7 Å². The summed E-state index contributed by atoms with van der Waals surface area (Å²) in [6.07, 6.45) is -4.88. The van der Waals surface area contributed by atoms with Crippen LogP contribution in [0.1, 0.15) is 0 Å². The highest BCUT2D eigenvalue weighted by Crippen LogP contribution is 2.19. The Kier molecular flexibility index (Phi) is 5.06. The van der Waals surface area contributed by atoms with E-state index in [9.17, 15) is 18.0 Å². The Morgan fingerprint density at radius 2 is 1.56 bits per heavy atom. The molecule has 4 nitrogen and oxygen atoms in total. The van der Waals surface area contributed by atoms with Crippen LogP contribution in [0.4, 0.5) is 24.5 Å². The first-order chi connectivity index (χ1) is 6.93. The standard InChI is InChI=1S/C8H8F3N3O.ClH/c9-8(10,11)7(15)13-5-1-3-6(14-12)4-2-5;/h1-4,14H,12H2,(H,13,15);1H. The minimum Gasteiger partial charge on any atom is -0.324 e. The quantitative estimate of drug-likeness (QED) is 0.558. The summed E-state index contributed by atoms with van der Waals surface area (Å²) in [6, 6.07) is 5.48. The fourth-order valence-corrected chi connectivity index (χ4v) is 0.852. The molecule has 0 spiro atoms. The number of hydrogen-bond acceptors (Lipinski definition) is 3. The van der Waals surface area contributed by atoms with Crippen molar-refractivity contribution < 1.29 is 18.0 Å². The van der Waals surface area contributed by atoms with Crippen molar-refractivity contribution in [3.8, 4) is 0 Å². The summed E-state index contributed by atoms with van der Waals surface area (Å²) < 4.78 is 35.5. The molecule has 4 N–H and O–H groups in total. The van der Waals surface area contributed by atoms with Crippen LogP contribution >= 0.6 is 12.4 Å². The lowest BCUT2D eigenvalue weighted by Gasteiger charge is -2.08. The number of alkyl halides is 3. The zero-order valence-corrected chi connectivity index (χ0v) is 8.65. The average molecular weight is 256 g/mol. The normalized spacial score (nSPS) is 10.2. The van der Waals surface area contributed by atoms with Crippen LogP contribution in [-0.4, -0.2) is 12.1 Å². The van der Waals surface area contributed by atoms with Crippen molar-refractivity contribution >= 4 is 29.7 Å². The highest BCUT2D eigenvalue weighted by atomic mass is 35.5. The summed E-state index contributed by atoms with van der Waals surface area (Å²) >= 11 is 0. The van der Waals surface area contributed by atoms with Crippen LogP contribution in [0, 0.1) is 0 Å². The van der Waals surface area contributed by atoms with E-state index in [0.29, 0.717) is 5.69 Å². The number of hydrogen-bond donors (Lipinski definition) is 3. The lowest BCUT2D eigenvalue weighted by Crippen LogP contribution is -2.29. The Morgan fingerprint density at radius 1 is 1.12 bits per heavy atom. The second-order valence-electron chi connectivity index (χ2n) is 2.67. The maximum Gasteiger partial charge on any atom is 0.471 e. The molecule has 0 heterocycles. The zero-order chi connectivity index (χ0) is 11.5. The van der Waals surface area contributed by atoms with Gasteiger partial charge in [-0.1, -0.05) is 0 Å². The van der Waals surface area contributed by atoms with Crippen molar-refractivity contribution in [2.24, 2.45) is 5.84 Å². The van der Waals surface area contributed by atoms with E-state index in [1.54, 1.807) is 5.32 Å². The van der Waals surface area contributed by atoms with Gasteiger partial charge < -0.3 is 10.7 Å². The van der Waals surface area contributed by atoms with Gasteiger partial charge in [0.15, 0.2) is 0 Å². The smallest absolute Gasteiger partial charge is 0.324 e. The van der Waals surface area contributed by atoms with Gasteiger partial charge in [0.1, 0.15) is 0 Å². The van der Waals surface area contributed by atoms with Gasteiger partial charge in [0, 0.05) is 11.4 Å². The number of nitrogen functional groups attached to an aromatic ring is 1. The van der Waals surface area contributed by atoms with E-state index in [1.807, 2.05) is 0 Å². The fourth-order valence-electron chi connectivity index (χ4n) is 0.852. The number of halogens is 4. The second-order valence-corrected chi connectivity index (χ2v) is 2.67. The first-order valence-corrected chi connectivity index (χ1v) is 3.88. The molecule has 8 heteroatoms. The molecule has 0 radical (unpaired) electrons. The van der Waals surface area contributed by atoms with E-state index in [0.717, 1.165) is 0 Å². The maximum absolute atomic E-state index is 11.8. The Morgan fingerprint density at radius 3 is 1.94 bits per heavy atom. The zero-order valence-electron chi connectivity index (χ0n) is 7.84. The monoisotopic (exact) mass is 255 g/mol. The van der Waals surface area contributed by atoms with Gasteiger partial charge in [0.2, 0.25) is 0 Å². The van der Waals surface area contributed by atoms with Crippen molar-refractivity contribution in [3.63, 3.8) is 0 Å². The number of rotatable bonds is 2. The third-order valence-corrected chi connectivity index (χ3v) is 1.57. The Hall–Kier alpha value is -1.47. The first-order valence-electron chi connectivity index (χ1n) is 3.88. The molecule has 90 valence electrons. The molecular weight excluding hydrogens is 247 g/mol. The Balaban J connectivity index is 0.00000225. The molecule has 1 rings (SSSR count). The predicted octanol–water partition coefficient (Wildman–Crippen LogP) is 1.89. The number of carbonyl (C=O) groups excluding carboxylic acids is 1. The second kappa shape index (κ2) is 5.57. The summed E-state index contributed by atoms with van der Waals surface area (Å²) in [5.41, 5.74) is 2.88. The van der Waals surface area contributed by atoms with E-state index in [-0.39, 0.29) is 18.1 Å². The Bertz CT molecular complexity index is 353. The SMILES string of the molecule is Cl.NNc1ccc(NC(=O)C(F)(F)F)cc1. The van der Waals surface area contributed by atoms with Crippen molar-refractivity contribution in [2.45, 2.75) is 6.18 Å². The molecule has 0 aliphatic carbocycles. The molecule has 16 heavy (non-hydrogen) atoms. The molecule has 0 saturated heterocycles. The van der Waals surface area contributed by atoms with E-state index in [4.69, 9.17) is 5.84 Å². The first kappa shape index (κ1) is 14.5. The van der Waals surface area contributed by atoms with E-state index < -0.39 is 12.1 Å². The molecule has 0 aromatic heterocycles. The summed E-state index contributed by atoms with van der Waals surface area (Å²) in [5.74, 6) is 3.05. The molecule has 0 unspecified atom stereocenters. The van der Waals surface area contributed by atoms with Gasteiger partial charge in [-0.15, -0.1) is 12.4 Å². The molecule has 0 aliphatic heterocycles. The number of hydrazine groups is 1. The lowest BCUT2D eigenvalue weighted by atomic mass is 10.3. The molecule has 0 bridgehead atoms. The van der Waals surface area contributed by atoms with Crippen molar-refractivity contribution in [3.05, 3.63) is 24.3 Å². The summed E-state index contributed by atoms with van der Waals surface area (Å²) in [7, 11) is 0. The number of benzene rings is 1. The number of nitrogens with two attached hydrogens (primary N) is 1. The van der Waals surface area contributed by atoms with Crippen LogP contribution in [0.2, 0.25) is 0 Å². The van der Waals surface area contributed by atoms with Gasteiger partial charge in [-0.2, -0.15) is 13.2 Å². The lowest BCUT2D eigenvalue weighted by molar-refractivity contribution is -0.167. The molecule has 0 atom stereocenters. The number of carbonyl (C=O) groups is 1. The van der Waals surface area contributed by atoms with Crippen LogP contribution in [0.5, 0.6) is 0 Å². The van der Waals surface area contributed by atoms with Crippen LogP contribution in [0.25, 0.3) is 0 Å². The number of anilines is 2. The Labute approximate surface area is 95.4 Å². The van der Waals surface area contributed by atoms with E-state index in [1.165, 1.54) is 24.3 Å². The van der Waals surface area contributed by atoms with Crippen molar-refractivity contribution in [1.82, 2.24) is 0 Å². The van der Waals surface area contributed by atoms with E-state index >= 15 is 0 Å². The van der Waals surface area contributed by atoms with E-state index in [2.05, 4.69) is 5.43 Å². The topological polar surface area (TPSA) is 67.2 Å². The van der Waals surface area contributed by atoms with Crippen LogP contribution < -0.4 is 16.6 Å². The predicted molar refractivity (Wildman–Crippen MR) is 56.2 cm³/mol. The summed E-state index contributed by atoms with van der Waals surface area (Å²) in [5, 5.41) is 1.70. The highest BCUT2D eigenvalue weighted by molar-refractivity contribution is 5.95. The highest BCUT2D eigenvalue weighted by Gasteiger charge is 2.38. The maximum atomic E-state index is 11.8. The minimum atomic E-state index is -4.88. The van der Waals surface area contributed by atoms with Crippen LogP contribution in [-0.2, 0) is 4.79 Å². The summed E-state index contributed by atoms with van der Waals surface area (Å²) in [6.45, 7) is 0. The van der Waals surface area contributed by atoms with Crippen LogP contribution in [0.15, 0.2) is 24.3 Å². The van der Waals surface area contributed by atoms with Gasteiger partial charge in [-0.3, -0.25) is 10.6 Å².